The van der Waals surface area contributed by atoms with Gasteiger partial charge in [-0.2, -0.15) is 8.78 Å². The van der Waals surface area contributed by atoms with Crippen molar-refractivity contribution in [1.82, 2.24) is 9.97 Å². The Bertz CT molecular complexity index is 1270. The van der Waals surface area contributed by atoms with Crippen LogP contribution in [0.25, 0.3) is 22.4 Å². The first-order valence-corrected chi connectivity index (χ1v) is 9.09. The van der Waals surface area contributed by atoms with Gasteiger partial charge in [-0.1, -0.05) is 24.3 Å². The topological polar surface area (TPSA) is 67.0 Å². The molecule has 2 N–H and O–H groups in total. The van der Waals surface area contributed by atoms with Gasteiger partial charge in [0.2, 0.25) is 11.6 Å². The molecule has 0 aliphatic rings. The van der Waals surface area contributed by atoms with E-state index in [9.17, 15) is 22.4 Å². The number of carbonyl (C=O) groups excluding carboxylic acids is 1. The number of H-pyrrole nitrogens is 1. The molecule has 0 bridgehead atoms. The number of hydrogen-bond donors (Lipinski definition) is 2. The number of aryl methyl sites for hydroxylation is 1. The molecule has 1 heterocycles. The summed E-state index contributed by atoms with van der Waals surface area (Å²) in [5.74, 6) is -9.36. The van der Waals surface area contributed by atoms with Crippen molar-refractivity contribution in [3.8, 4) is 17.1 Å². The largest absolute Gasteiger partial charge is 0.491 e. The standard InChI is InChI=1S/C22H15F4N3O2/c1-10-7-8-11(21-27-12-5-3-4-6-13(12)28-21)9-14(10)29-22(30)15-16(23)18(25)20(31-2)19(26)17(15)24/h3-9H,1-2H3,(H,27,28)(H,29,30). The second kappa shape index (κ2) is 7.75. The number of methoxy groups -OCH3 is 1. The van der Waals surface area contributed by atoms with E-state index in [0.717, 1.165) is 18.1 Å². The predicted octanol–water partition coefficient (Wildman–Crippen LogP) is 5.36. The van der Waals surface area contributed by atoms with E-state index in [4.69, 9.17) is 0 Å². The van der Waals surface area contributed by atoms with Gasteiger partial charge < -0.3 is 15.0 Å². The number of hydrogen-bond acceptors (Lipinski definition) is 3. The first-order chi connectivity index (χ1) is 14.8. The summed E-state index contributed by atoms with van der Waals surface area (Å²) >= 11 is 0. The maximum atomic E-state index is 14.3. The molecule has 0 spiro atoms. The van der Waals surface area contributed by atoms with Gasteiger partial charge in [0.1, 0.15) is 11.4 Å². The summed E-state index contributed by atoms with van der Waals surface area (Å²) < 4.78 is 60.8. The van der Waals surface area contributed by atoms with E-state index in [1.54, 1.807) is 19.1 Å². The minimum absolute atomic E-state index is 0.193. The number of aromatic amines is 1. The van der Waals surface area contributed by atoms with E-state index in [-0.39, 0.29) is 5.69 Å². The number of para-hydroxylation sites is 2. The van der Waals surface area contributed by atoms with E-state index in [1.807, 2.05) is 24.3 Å². The molecule has 0 aliphatic heterocycles. The Labute approximate surface area is 173 Å². The Kier molecular flexibility index (Phi) is 5.10. The van der Waals surface area contributed by atoms with Crippen molar-refractivity contribution < 1.29 is 27.1 Å². The zero-order valence-corrected chi connectivity index (χ0v) is 16.3. The van der Waals surface area contributed by atoms with Crippen molar-refractivity contribution in [2.24, 2.45) is 0 Å². The van der Waals surface area contributed by atoms with Crippen LogP contribution >= 0.6 is 0 Å². The summed E-state index contributed by atoms with van der Waals surface area (Å²) in [6.07, 6.45) is 0. The molecule has 9 heteroatoms. The number of imidazole rings is 1. The van der Waals surface area contributed by atoms with E-state index in [0.29, 0.717) is 17.0 Å². The normalized spacial score (nSPS) is 11.0. The summed E-state index contributed by atoms with van der Waals surface area (Å²) in [6.45, 7) is 1.65. The highest BCUT2D eigenvalue weighted by molar-refractivity contribution is 6.05. The van der Waals surface area contributed by atoms with Crippen LogP contribution in [-0.4, -0.2) is 23.0 Å². The van der Waals surface area contributed by atoms with Crippen molar-refractivity contribution in [2.75, 3.05) is 12.4 Å². The monoisotopic (exact) mass is 429 g/mol. The van der Waals surface area contributed by atoms with Crippen LogP contribution in [0.2, 0.25) is 0 Å². The lowest BCUT2D eigenvalue weighted by molar-refractivity contribution is 0.101. The fraction of sp³-hybridized carbons (Fsp3) is 0.0909. The number of halogens is 4. The van der Waals surface area contributed by atoms with Crippen LogP contribution < -0.4 is 10.1 Å². The van der Waals surface area contributed by atoms with Gasteiger partial charge in [0.15, 0.2) is 17.4 Å². The third-order valence-electron chi connectivity index (χ3n) is 4.80. The van der Waals surface area contributed by atoms with Gasteiger partial charge in [0, 0.05) is 11.3 Å². The van der Waals surface area contributed by atoms with E-state index >= 15 is 0 Å². The SMILES string of the molecule is COc1c(F)c(F)c(C(=O)Nc2cc(-c3nc4ccccc4[nH]3)ccc2C)c(F)c1F. The van der Waals surface area contributed by atoms with Crippen molar-refractivity contribution in [1.29, 1.82) is 0 Å². The van der Waals surface area contributed by atoms with Gasteiger partial charge >= 0.3 is 0 Å². The molecule has 4 aromatic rings. The van der Waals surface area contributed by atoms with E-state index < -0.39 is 40.5 Å². The Balaban J connectivity index is 1.72. The van der Waals surface area contributed by atoms with Gasteiger partial charge in [-0.05, 0) is 30.7 Å². The Hall–Kier alpha value is -3.88. The highest BCUT2D eigenvalue weighted by Gasteiger charge is 2.30. The molecule has 5 nitrogen and oxygen atoms in total. The predicted molar refractivity (Wildman–Crippen MR) is 107 cm³/mol. The number of rotatable bonds is 4. The van der Waals surface area contributed by atoms with Gasteiger partial charge in [0.25, 0.3) is 5.91 Å². The molecule has 0 radical (unpaired) electrons. The molecule has 4 rings (SSSR count). The lowest BCUT2D eigenvalue weighted by Gasteiger charge is -2.13. The van der Waals surface area contributed by atoms with Gasteiger partial charge in [-0.15, -0.1) is 0 Å². The van der Waals surface area contributed by atoms with Crippen molar-refractivity contribution in [2.45, 2.75) is 6.92 Å². The zero-order valence-electron chi connectivity index (χ0n) is 16.3. The Morgan fingerprint density at radius 1 is 1.00 bits per heavy atom. The smallest absolute Gasteiger partial charge is 0.261 e. The number of anilines is 1. The highest BCUT2D eigenvalue weighted by Crippen LogP contribution is 2.31. The lowest BCUT2D eigenvalue weighted by atomic mass is 10.1. The number of ether oxygens (including phenoxy) is 1. The number of amides is 1. The third-order valence-corrected chi connectivity index (χ3v) is 4.80. The Morgan fingerprint density at radius 3 is 2.32 bits per heavy atom. The number of aromatic nitrogens is 2. The highest BCUT2D eigenvalue weighted by atomic mass is 19.2. The average Bonchev–Trinajstić information content (AvgIpc) is 3.19. The number of fused-ring (bicyclic) bond motifs is 1. The second-order valence-electron chi connectivity index (χ2n) is 6.75. The molecule has 1 aromatic heterocycles. The molecular formula is C22H15F4N3O2. The van der Waals surface area contributed by atoms with Crippen molar-refractivity contribution in [3.63, 3.8) is 0 Å². The quantitative estimate of drug-likeness (QED) is 0.339. The molecule has 158 valence electrons. The molecule has 0 aliphatic carbocycles. The fourth-order valence-electron chi connectivity index (χ4n) is 3.17. The molecule has 0 saturated carbocycles. The lowest BCUT2D eigenvalue weighted by Crippen LogP contribution is -2.19. The zero-order chi connectivity index (χ0) is 22.3. The summed E-state index contributed by atoms with van der Waals surface area (Å²) in [7, 11) is 0.854. The molecule has 0 unspecified atom stereocenters. The van der Waals surface area contributed by atoms with Crippen LogP contribution in [0.4, 0.5) is 23.2 Å². The van der Waals surface area contributed by atoms with E-state index in [1.165, 1.54) is 6.07 Å². The Morgan fingerprint density at radius 2 is 1.68 bits per heavy atom. The molecular weight excluding hydrogens is 414 g/mol. The number of nitrogens with zero attached hydrogens (tertiary/aromatic N) is 1. The number of carbonyl (C=O) groups is 1. The number of benzene rings is 3. The summed E-state index contributed by atoms with van der Waals surface area (Å²) in [5.41, 5.74) is 1.49. The maximum Gasteiger partial charge on any atom is 0.261 e. The summed E-state index contributed by atoms with van der Waals surface area (Å²) in [4.78, 5) is 20.1. The second-order valence-corrected chi connectivity index (χ2v) is 6.75. The van der Waals surface area contributed by atoms with E-state index in [2.05, 4.69) is 20.0 Å². The third kappa shape index (κ3) is 3.48. The number of nitrogens with one attached hydrogen (secondary N) is 2. The molecule has 3 aromatic carbocycles. The van der Waals surface area contributed by atoms with Crippen LogP contribution in [0, 0.1) is 30.2 Å². The first-order valence-electron chi connectivity index (χ1n) is 9.09. The van der Waals surface area contributed by atoms with Crippen LogP contribution in [0.1, 0.15) is 15.9 Å². The van der Waals surface area contributed by atoms with Gasteiger partial charge in [-0.3, -0.25) is 4.79 Å². The van der Waals surface area contributed by atoms with Crippen LogP contribution in [0.3, 0.4) is 0 Å². The summed E-state index contributed by atoms with van der Waals surface area (Å²) in [6, 6.07) is 12.3. The van der Waals surface area contributed by atoms with Crippen molar-refractivity contribution in [3.05, 3.63) is 76.9 Å². The average molecular weight is 429 g/mol. The molecule has 0 fully saturated rings. The molecule has 31 heavy (non-hydrogen) atoms. The first kappa shape index (κ1) is 20.4. The van der Waals surface area contributed by atoms with Crippen LogP contribution in [0.15, 0.2) is 42.5 Å². The van der Waals surface area contributed by atoms with Crippen LogP contribution in [-0.2, 0) is 0 Å². The maximum absolute atomic E-state index is 14.3. The van der Waals surface area contributed by atoms with Crippen molar-refractivity contribution >= 4 is 22.6 Å². The fourth-order valence-corrected chi connectivity index (χ4v) is 3.17. The molecule has 0 atom stereocenters. The summed E-state index contributed by atoms with van der Waals surface area (Å²) in [5, 5.41) is 2.31. The molecule has 1 amide bonds. The minimum Gasteiger partial charge on any atom is -0.491 e. The van der Waals surface area contributed by atoms with Gasteiger partial charge in [-0.25, -0.2) is 13.8 Å². The molecule has 0 saturated heterocycles. The van der Waals surface area contributed by atoms with Crippen LogP contribution in [0.5, 0.6) is 5.75 Å². The minimum atomic E-state index is -1.85. The van der Waals surface area contributed by atoms with Gasteiger partial charge in [0.05, 0.1) is 18.1 Å².